The van der Waals surface area contributed by atoms with Gasteiger partial charge in [0.2, 0.25) is 0 Å². The van der Waals surface area contributed by atoms with E-state index in [1.807, 2.05) is 80.8 Å². The van der Waals surface area contributed by atoms with Gasteiger partial charge in [-0.2, -0.15) is 0 Å². The number of hydrogen-bond donors (Lipinski definition) is 0. The highest BCUT2D eigenvalue weighted by molar-refractivity contribution is 8.18. The number of aliphatic imine (C=N–C) groups is 1. The molecule has 0 N–H and O–H groups in total. The molecule has 3 aromatic carbocycles. The Balaban J connectivity index is 1.60. The quantitative estimate of drug-likeness (QED) is 0.481. The number of para-hydroxylation sites is 1. The molecule has 0 atom stereocenters. The van der Waals surface area contributed by atoms with Gasteiger partial charge in [-0.3, -0.25) is 9.69 Å². The van der Waals surface area contributed by atoms with Gasteiger partial charge in [0.05, 0.1) is 10.6 Å². The van der Waals surface area contributed by atoms with Gasteiger partial charge in [-0.15, -0.1) is 0 Å². The summed E-state index contributed by atoms with van der Waals surface area (Å²) in [6.07, 6.45) is 2.74. The molecule has 0 radical (unpaired) electrons. The van der Waals surface area contributed by atoms with Gasteiger partial charge in [-0.05, 0) is 59.7 Å². The highest BCUT2D eigenvalue weighted by atomic mass is 32.2. The molecule has 1 saturated heterocycles. The van der Waals surface area contributed by atoms with E-state index in [1.165, 1.54) is 17.3 Å². The summed E-state index contributed by atoms with van der Waals surface area (Å²) < 4.78 is 0. The van der Waals surface area contributed by atoms with Crippen molar-refractivity contribution in [1.82, 2.24) is 4.90 Å². The number of amides is 1. The van der Waals surface area contributed by atoms with Crippen LogP contribution in [0.4, 0.5) is 11.4 Å². The Bertz CT molecular complexity index is 1090. The van der Waals surface area contributed by atoms with E-state index in [0.717, 1.165) is 28.5 Å². The summed E-state index contributed by atoms with van der Waals surface area (Å²) >= 11 is 1.44. The summed E-state index contributed by atoms with van der Waals surface area (Å²) in [7, 11) is 4.03. The average molecular weight is 428 g/mol. The number of carbonyl (C=O) groups excluding carboxylic acids is 1. The number of rotatable bonds is 6. The van der Waals surface area contributed by atoms with Crippen molar-refractivity contribution < 1.29 is 4.79 Å². The molecule has 0 bridgehead atoms. The first-order chi connectivity index (χ1) is 15.1. The van der Waals surface area contributed by atoms with Gasteiger partial charge in [0.25, 0.3) is 5.91 Å². The van der Waals surface area contributed by atoms with E-state index >= 15 is 0 Å². The number of amidine groups is 1. The normalized spacial score (nSPS) is 16.3. The maximum absolute atomic E-state index is 13.3. The maximum atomic E-state index is 13.3. The molecule has 0 unspecified atom stereocenters. The number of thioether (sulfide) groups is 1. The number of carbonyl (C=O) groups is 1. The molecule has 156 valence electrons. The standard InChI is InChI=1S/C26H25N3OS/c1-28(2)23-15-13-21(14-16-23)19-24-25(30)29(18-17-20-9-5-3-6-10-20)26(31-24)27-22-11-7-4-8-12-22/h3-16,19H,17-18H2,1-2H3/b24-19+,27-26?. The Labute approximate surface area is 187 Å². The first-order valence-electron chi connectivity index (χ1n) is 10.3. The van der Waals surface area contributed by atoms with Crippen molar-refractivity contribution in [2.45, 2.75) is 6.42 Å². The van der Waals surface area contributed by atoms with E-state index in [9.17, 15) is 4.79 Å². The van der Waals surface area contributed by atoms with Crippen LogP contribution in [0, 0.1) is 0 Å². The zero-order chi connectivity index (χ0) is 21.6. The molecule has 4 rings (SSSR count). The smallest absolute Gasteiger partial charge is 0.266 e. The van der Waals surface area contributed by atoms with Crippen molar-refractivity contribution in [1.29, 1.82) is 0 Å². The highest BCUT2D eigenvalue weighted by Crippen LogP contribution is 2.34. The molecular formula is C26H25N3OS. The lowest BCUT2D eigenvalue weighted by Crippen LogP contribution is -2.31. The SMILES string of the molecule is CN(C)c1ccc(/C=C2/SC(=Nc3ccccc3)N(CCc3ccccc3)C2=O)cc1. The zero-order valence-corrected chi connectivity index (χ0v) is 18.5. The first-order valence-corrected chi connectivity index (χ1v) is 11.1. The number of hydrogen-bond acceptors (Lipinski definition) is 4. The van der Waals surface area contributed by atoms with Crippen molar-refractivity contribution in [2.75, 3.05) is 25.5 Å². The van der Waals surface area contributed by atoms with Crippen LogP contribution in [-0.2, 0) is 11.2 Å². The molecule has 1 amide bonds. The highest BCUT2D eigenvalue weighted by Gasteiger charge is 2.33. The van der Waals surface area contributed by atoms with E-state index in [1.54, 1.807) is 4.90 Å². The Morgan fingerprint density at radius 1 is 0.903 bits per heavy atom. The fraction of sp³-hybridized carbons (Fsp3) is 0.154. The van der Waals surface area contributed by atoms with Gasteiger partial charge in [0, 0.05) is 26.3 Å². The van der Waals surface area contributed by atoms with Crippen LogP contribution in [-0.4, -0.2) is 36.6 Å². The van der Waals surface area contributed by atoms with Gasteiger partial charge >= 0.3 is 0 Å². The Morgan fingerprint density at radius 3 is 2.19 bits per heavy atom. The van der Waals surface area contributed by atoms with E-state index in [0.29, 0.717) is 11.4 Å². The van der Waals surface area contributed by atoms with E-state index in [-0.39, 0.29) is 5.91 Å². The molecule has 4 nitrogen and oxygen atoms in total. The van der Waals surface area contributed by atoms with Crippen LogP contribution in [0.5, 0.6) is 0 Å². The molecule has 3 aromatic rings. The molecule has 1 fully saturated rings. The first kappa shape index (κ1) is 20.9. The van der Waals surface area contributed by atoms with Crippen molar-refractivity contribution >= 4 is 40.3 Å². The number of benzene rings is 3. The third-order valence-corrected chi connectivity index (χ3v) is 6.05. The third kappa shape index (κ3) is 5.25. The molecule has 1 aliphatic heterocycles. The lowest BCUT2D eigenvalue weighted by atomic mass is 10.1. The molecule has 0 saturated carbocycles. The molecular weight excluding hydrogens is 402 g/mol. The summed E-state index contributed by atoms with van der Waals surface area (Å²) in [5.41, 5.74) is 4.18. The molecule has 0 aliphatic carbocycles. The minimum atomic E-state index is 0.00676. The molecule has 1 heterocycles. The maximum Gasteiger partial charge on any atom is 0.266 e. The Hall–Kier alpha value is -3.31. The van der Waals surface area contributed by atoms with E-state index in [2.05, 4.69) is 29.2 Å². The lowest BCUT2D eigenvalue weighted by Gasteiger charge is -2.15. The van der Waals surface area contributed by atoms with Gasteiger partial charge in [-0.1, -0.05) is 60.7 Å². The van der Waals surface area contributed by atoms with Gasteiger partial charge in [0.15, 0.2) is 5.17 Å². The number of anilines is 1. The van der Waals surface area contributed by atoms with Gasteiger partial charge in [0.1, 0.15) is 0 Å². The zero-order valence-electron chi connectivity index (χ0n) is 17.7. The third-order valence-electron chi connectivity index (χ3n) is 5.04. The second-order valence-electron chi connectivity index (χ2n) is 7.52. The summed E-state index contributed by atoms with van der Waals surface area (Å²) in [4.78, 5) is 22.6. The van der Waals surface area contributed by atoms with Crippen molar-refractivity contribution in [3.8, 4) is 0 Å². The molecule has 1 aliphatic rings. The summed E-state index contributed by atoms with van der Waals surface area (Å²) in [6, 6.07) is 28.2. The van der Waals surface area contributed by atoms with E-state index in [4.69, 9.17) is 4.99 Å². The van der Waals surface area contributed by atoms with Crippen LogP contribution >= 0.6 is 11.8 Å². The second-order valence-corrected chi connectivity index (χ2v) is 8.53. The molecule has 0 aromatic heterocycles. The predicted octanol–water partition coefficient (Wildman–Crippen LogP) is 5.60. The van der Waals surface area contributed by atoms with Crippen LogP contribution in [0.15, 0.2) is 94.8 Å². The lowest BCUT2D eigenvalue weighted by molar-refractivity contribution is -0.122. The summed E-state index contributed by atoms with van der Waals surface area (Å²) in [5, 5.41) is 0.725. The topological polar surface area (TPSA) is 35.9 Å². The summed E-state index contributed by atoms with van der Waals surface area (Å²) in [6.45, 7) is 0.596. The van der Waals surface area contributed by atoms with Crippen molar-refractivity contribution in [3.63, 3.8) is 0 Å². The van der Waals surface area contributed by atoms with Crippen molar-refractivity contribution in [2.24, 2.45) is 4.99 Å². The van der Waals surface area contributed by atoms with Crippen LogP contribution in [0.1, 0.15) is 11.1 Å². The molecule has 5 heteroatoms. The Morgan fingerprint density at radius 2 is 1.55 bits per heavy atom. The largest absolute Gasteiger partial charge is 0.378 e. The fourth-order valence-electron chi connectivity index (χ4n) is 3.31. The Kier molecular flexibility index (Phi) is 6.53. The second kappa shape index (κ2) is 9.67. The van der Waals surface area contributed by atoms with Crippen LogP contribution in [0.3, 0.4) is 0 Å². The van der Waals surface area contributed by atoms with Crippen LogP contribution in [0.25, 0.3) is 6.08 Å². The average Bonchev–Trinajstić information content (AvgIpc) is 3.08. The summed E-state index contributed by atoms with van der Waals surface area (Å²) in [5.74, 6) is 0.00676. The van der Waals surface area contributed by atoms with Crippen LogP contribution in [0.2, 0.25) is 0 Å². The molecule has 31 heavy (non-hydrogen) atoms. The van der Waals surface area contributed by atoms with E-state index < -0.39 is 0 Å². The number of nitrogens with zero attached hydrogens (tertiary/aromatic N) is 3. The van der Waals surface area contributed by atoms with Gasteiger partial charge in [-0.25, -0.2) is 4.99 Å². The fourth-order valence-corrected chi connectivity index (χ4v) is 4.33. The van der Waals surface area contributed by atoms with Crippen LogP contribution < -0.4 is 4.90 Å². The predicted molar refractivity (Wildman–Crippen MR) is 132 cm³/mol. The molecule has 0 spiro atoms. The van der Waals surface area contributed by atoms with Crippen molar-refractivity contribution in [3.05, 3.63) is 101 Å². The minimum Gasteiger partial charge on any atom is -0.378 e. The minimum absolute atomic E-state index is 0.00676. The monoisotopic (exact) mass is 427 g/mol. The van der Waals surface area contributed by atoms with Gasteiger partial charge < -0.3 is 4.90 Å².